The molecule has 1 saturated heterocycles. The number of likely N-dealkylation sites (N-methyl/N-ethyl adjacent to an activating group) is 1. The molecule has 2 fully saturated rings. The molecule has 0 bridgehead atoms. The summed E-state index contributed by atoms with van der Waals surface area (Å²) in [4.78, 5) is 2.80. The van der Waals surface area contributed by atoms with E-state index in [9.17, 15) is 0 Å². The minimum atomic E-state index is 0.762. The summed E-state index contributed by atoms with van der Waals surface area (Å²) in [6.07, 6.45) is 7.04. The van der Waals surface area contributed by atoms with E-state index in [0.717, 1.165) is 30.6 Å². The maximum atomic E-state index is 3.69. The predicted octanol–water partition coefficient (Wildman–Crippen LogP) is 2.64. The van der Waals surface area contributed by atoms with Crippen molar-refractivity contribution < 1.29 is 0 Å². The normalized spacial score (nSPS) is 41.4. The molecule has 0 spiro atoms. The molecule has 0 aromatic carbocycles. The monoisotopic (exact) mass is 224 g/mol. The Morgan fingerprint density at radius 1 is 1.12 bits per heavy atom. The summed E-state index contributed by atoms with van der Waals surface area (Å²) < 4.78 is 0. The lowest BCUT2D eigenvalue weighted by Crippen LogP contribution is -2.53. The third-order valence-corrected chi connectivity index (χ3v) is 4.54. The van der Waals surface area contributed by atoms with Gasteiger partial charge in [-0.15, -0.1) is 0 Å². The summed E-state index contributed by atoms with van der Waals surface area (Å²) in [5, 5.41) is 3.69. The summed E-state index contributed by atoms with van der Waals surface area (Å²) in [6.45, 7) is 9.52. The van der Waals surface area contributed by atoms with Gasteiger partial charge in [-0.1, -0.05) is 20.3 Å². The molecular weight excluding hydrogens is 196 g/mol. The van der Waals surface area contributed by atoms with Crippen molar-refractivity contribution >= 4 is 0 Å². The quantitative estimate of drug-likeness (QED) is 0.793. The molecule has 2 rings (SSSR count). The molecule has 2 aliphatic rings. The lowest BCUT2D eigenvalue weighted by molar-refractivity contribution is 0.0668. The van der Waals surface area contributed by atoms with Crippen molar-refractivity contribution in [2.24, 2.45) is 5.92 Å². The summed E-state index contributed by atoms with van der Waals surface area (Å²) in [6, 6.07) is 2.39. The molecule has 0 aromatic heterocycles. The van der Waals surface area contributed by atoms with Crippen LogP contribution in [0.25, 0.3) is 0 Å². The number of rotatable bonds is 3. The Hall–Kier alpha value is -0.0800. The second kappa shape index (κ2) is 5.50. The highest BCUT2D eigenvalue weighted by molar-refractivity contribution is 4.93. The maximum absolute atomic E-state index is 3.69. The molecule has 4 unspecified atom stereocenters. The number of nitrogens with one attached hydrogen (secondary N) is 1. The Morgan fingerprint density at radius 2 is 1.94 bits per heavy atom. The van der Waals surface area contributed by atoms with E-state index in [1.54, 1.807) is 0 Å². The zero-order valence-corrected chi connectivity index (χ0v) is 11.2. The van der Waals surface area contributed by atoms with Crippen LogP contribution in [0.2, 0.25) is 0 Å². The van der Waals surface area contributed by atoms with Crippen LogP contribution in [-0.2, 0) is 0 Å². The summed E-state index contributed by atoms with van der Waals surface area (Å²) in [5.41, 5.74) is 0. The molecule has 2 heteroatoms. The minimum absolute atomic E-state index is 0.762. The van der Waals surface area contributed by atoms with E-state index < -0.39 is 0 Å². The van der Waals surface area contributed by atoms with Gasteiger partial charge in [0.1, 0.15) is 0 Å². The SMILES string of the molecule is CCNC1CCCC1N1CC(C)CCC1C. The smallest absolute Gasteiger partial charge is 0.0252 e. The van der Waals surface area contributed by atoms with E-state index in [1.807, 2.05) is 0 Å². The first-order valence-corrected chi connectivity index (χ1v) is 7.21. The Balaban J connectivity index is 1.98. The Kier molecular flexibility index (Phi) is 4.26. The van der Waals surface area contributed by atoms with Crippen LogP contribution in [-0.4, -0.2) is 36.1 Å². The van der Waals surface area contributed by atoms with Crippen LogP contribution >= 0.6 is 0 Å². The number of nitrogens with zero attached hydrogens (tertiary/aromatic N) is 1. The fraction of sp³-hybridized carbons (Fsp3) is 1.00. The van der Waals surface area contributed by atoms with Gasteiger partial charge in [-0.3, -0.25) is 4.90 Å². The van der Waals surface area contributed by atoms with Gasteiger partial charge in [0, 0.05) is 24.7 Å². The highest BCUT2D eigenvalue weighted by Gasteiger charge is 2.36. The van der Waals surface area contributed by atoms with Crippen molar-refractivity contribution in [3.05, 3.63) is 0 Å². The van der Waals surface area contributed by atoms with Crippen LogP contribution in [0.1, 0.15) is 52.9 Å². The number of piperidine rings is 1. The average Bonchev–Trinajstić information content (AvgIpc) is 2.70. The number of hydrogen-bond acceptors (Lipinski definition) is 2. The summed E-state index contributed by atoms with van der Waals surface area (Å²) in [7, 11) is 0. The van der Waals surface area contributed by atoms with Gasteiger partial charge in [-0.25, -0.2) is 0 Å². The average molecular weight is 224 g/mol. The predicted molar refractivity (Wildman–Crippen MR) is 69.7 cm³/mol. The second-order valence-corrected chi connectivity index (χ2v) is 5.89. The van der Waals surface area contributed by atoms with E-state index in [-0.39, 0.29) is 0 Å². The Labute approximate surface area is 101 Å². The largest absolute Gasteiger partial charge is 0.313 e. The van der Waals surface area contributed by atoms with Gasteiger partial charge in [-0.2, -0.15) is 0 Å². The molecule has 2 nitrogen and oxygen atoms in total. The van der Waals surface area contributed by atoms with Crippen LogP contribution < -0.4 is 5.32 Å². The van der Waals surface area contributed by atoms with Crippen LogP contribution in [0.4, 0.5) is 0 Å². The first-order chi connectivity index (χ1) is 7.72. The van der Waals surface area contributed by atoms with E-state index >= 15 is 0 Å². The first kappa shape index (κ1) is 12.4. The Bertz CT molecular complexity index is 217. The van der Waals surface area contributed by atoms with Gasteiger partial charge in [0.15, 0.2) is 0 Å². The fourth-order valence-corrected chi connectivity index (χ4v) is 3.62. The van der Waals surface area contributed by atoms with Crippen molar-refractivity contribution in [1.29, 1.82) is 0 Å². The number of hydrogen-bond donors (Lipinski definition) is 1. The molecule has 1 saturated carbocycles. The third kappa shape index (κ3) is 2.60. The van der Waals surface area contributed by atoms with Crippen LogP contribution in [0.3, 0.4) is 0 Å². The fourth-order valence-electron chi connectivity index (χ4n) is 3.62. The molecule has 1 N–H and O–H groups in total. The molecule has 1 aliphatic carbocycles. The van der Waals surface area contributed by atoms with E-state index in [4.69, 9.17) is 0 Å². The molecule has 4 atom stereocenters. The highest BCUT2D eigenvalue weighted by atomic mass is 15.2. The van der Waals surface area contributed by atoms with E-state index in [0.29, 0.717) is 0 Å². The van der Waals surface area contributed by atoms with Crippen molar-refractivity contribution in [1.82, 2.24) is 10.2 Å². The van der Waals surface area contributed by atoms with Gasteiger partial charge in [-0.05, 0) is 45.1 Å². The van der Waals surface area contributed by atoms with Gasteiger partial charge in [0.25, 0.3) is 0 Å². The van der Waals surface area contributed by atoms with Gasteiger partial charge >= 0.3 is 0 Å². The maximum Gasteiger partial charge on any atom is 0.0252 e. The first-order valence-electron chi connectivity index (χ1n) is 7.21. The third-order valence-electron chi connectivity index (χ3n) is 4.54. The molecule has 94 valence electrons. The van der Waals surface area contributed by atoms with E-state index in [1.165, 1.54) is 38.6 Å². The van der Waals surface area contributed by atoms with Crippen molar-refractivity contribution in [2.75, 3.05) is 13.1 Å². The summed E-state index contributed by atoms with van der Waals surface area (Å²) >= 11 is 0. The molecule has 1 heterocycles. The van der Waals surface area contributed by atoms with Gasteiger partial charge in [0.05, 0.1) is 0 Å². The van der Waals surface area contributed by atoms with Crippen molar-refractivity contribution in [3.8, 4) is 0 Å². The van der Waals surface area contributed by atoms with Gasteiger partial charge < -0.3 is 5.32 Å². The lowest BCUT2D eigenvalue weighted by Gasteiger charge is -2.43. The second-order valence-electron chi connectivity index (χ2n) is 5.89. The number of likely N-dealkylation sites (tertiary alicyclic amines) is 1. The summed E-state index contributed by atoms with van der Waals surface area (Å²) in [5.74, 6) is 0.902. The zero-order chi connectivity index (χ0) is 11.5. The van der Waals surface area contributed by atoms with E-state index in [2.05, 4.69) is 31.0 Å². The zero-order valence-electron chi connectivity index (χ0n) is 11.2. The molecule has 0 amide bonds. The van der Waals surface area contributed by atoms with Crippen molar-refractivity contribution in [2.45, 2.75) is 71.0 Å². The Morgan fingerprint density at radius 3 is 2.69 bits per heavy atom. The highest BCUT2D eigenvalue weighted by Crippen LogP contribution is 2.31. The topological polar surface area (TPSA) is 15.3 Å². The lowest BCUT2D eigenvalue weighted by atomic mass is 9.92. The van der Waals surface area contributed by atoms with Crippen LogP contribution in [0, 0.1) is 5.92 Å². The van der Waals surface area contributed by atoms with Crippen LogP contribution in [0.15, 0.2) is 0 Å². The standard InChI is InChI=1S/C14H28N2/c1-4-15-13-6-5-7-14(13)16-10-11(2)8-9-12(16)3/h11-15H,4-10H2,1-3H3. The molecule has 16 heavy (non-hydrogen) atoms. The van der Waals surface area contributed by atoms with Crippen molar-refractivity contribution in [3.63, 3.8) is 0 Å². The molecule has 1 aliphatic heterocycles. The molecule has 0 radical (unpaired) electrons. The van der Waals surface area contributed by atoms with Gasteiger partial charge in [0.2, 0.25) is 0 Å². The minimum Gasteiger partial charge on any atom is -0.313 e. The molecular formula is C14H28N2. The molecule has 0 aromatic rings. The van der Waals surface area contributed by atoms with Crippen LogP contribution in [0.5, 0.6) is 0 Å².